The highest BCUT2D eigenvalue weighted by Gasteiger charge is 2.10. The second kappa shape index (κ2) is 8.77. The van der Waals surface area contributed by atoms with Gasteiger partial charge in [0, 0.05) is 45.2 Å². The van der Waals surface area contributed by atoms with E-state index >= 15 is 0 Å². The lowest BCUT2D eigenvalue weighted by atomic mass is 10.3. The predicted molar refractivity (Wildman–Crippen MR) is 79.7 cm³/mol. The summed E-state index contributed by atoms with van der Waals surface area (Å²) in [6.45, 7) is 5.63. The van der Waals surface area contributed by atoms with Gasteiger partial charge >= 0.3 is 0 Å². The Labute approximate surface area is 128 Å². The number of amides is 1. The topological polar surface area (TPSA) is 53.6 Å². The highest BCUT2D eigenvalue weighted by atomic mass is 19.1. The first-order valence-corrected chi connectivity index (χ1v) is 7.41. The fourth-order valence-electron chi connectivity index (χ4n) is 2.19. The summed E-state index contributed by atoms with van der Waals surface area (Å²) >= 11 is 0. The number of halogens is 2. The van der Waals surface area contributed by atoms with Crippen LogP contribution in [0.1, 0.15) is 6.42 Å². The standard InChI is InChI=1S/C15H21F2N3O2/c16-12-1-2-14(13(17)11-12)19-15(21)3-4-18-5-6-20-7-9-22-10-8-20/h1-2,11,18H,3-10H2,(H,19,21). The van der Waals surface area contributed by atoms with Crippen LogP contribution < -0.4 is 10.6 Å². The smallest absolute Gasteiger partial charge is 0.225 e. The first-order valence-electron chi connectivity index (χ1n) is 7.41. The minimum absolute atomic E-state index is 0.000262. The van der Waals surface area contributed by atoms with E-state index in [4.69, 9.17) is 4.74 Å². The van der Waals surface area contributed by atoms with Crippen molar-refractivity contribution in [2.75, 3.05) is 51.3 Å². The monoisotopic (exact) mass is 313 g/mol. The van der Waals surface area contributed by atoms with Crippen molar-refractivity contribution in [1.82, 2.24) is 10.2 Å². The Morgan fingerprint density at radius 3 is 2.73 bits per heavy atom. The lowest BCUT2D eigenvalue weighted by Gasteiger charge is -2.26. The summed E-state index contributed by atoms with van der Waals surface area (Å²) < 4.78 is 31.4. The molecule has 1 aromatic carbocycles. The van der Waals surface area contributed by atoms with Crippen LogP contribution in [0.5, 0.6) is 0 Å². The Morgan fingerprint density at radius 2 is 2.00 bits per heavy atom. The lowest BCUT2D eigenvalue weighted by molar-refractivity contribution is -0.116. The van der Waals surface area contributed by atoms with Crippen LogP contribution in [-0.2, 0) is 9.53 Å². The number of nitrogens with zero attached hydrogens (tertiary/aromatic N) is 1. The molecule has 0 unspecified atom stereocenters. The zero-order chi connectivity index (χ0) is 15.8. The molecule has 0 aromatic heterocycles. The molecule has 2 N–H and O–H groups in total. The predicted octanol–water partition coefficient (Wildman–Crippen LogP) is 1.22. The van der Waals surface area contributed by atoms with E-state index in [9.17, 15) is 13.6 Å². The summed E-state index contributed by atoms with van der Waals surface area (Å²) in [6, 6.07) is 3.07. The molecular weight excluding hydrogens is 292 g/mol. The molecule has 1 heterocycles. The van der Waals surface area contributed by atoms with Gasteiger partial charge in [0.2, 0.25) is 5.91 Å². The maximum absolute atomic E-state index is 13.4. The van der Waals surface area contributed by atoms with Crippen molar-refractivity contribution in [2.45, 2.75) is 6.42 Å². The van der Waals surface area contributed by atoms with Crippen molar-refractivity contribution < 1.29 is 18.3 Å². The van der Waals surface area contributed by atoms with Crippen LogP contribution in [0.3, 0.4) is 0 Å². The first-order chi connectivity index (χ1) is 10.6. The molecule has 2 rings (SSSR count). The quantitative estimate of drug-likeness (QED) is 0.743. The average molecular weight is 313 g/mol. The number of hydrogen-bond acceptors (Lipinski definition) is 4. The van der Waals surface area contributed by atoms with Crippen molar-refractivity contribution in [2.24, 2.45) is 0 Å². The summed E-state index contributed by atoms with van der Waals surface area (Å²) in [5.74, 6) is -1.74. The van der Waals surface area contributed by atoms with Crippen LogP contribution in [0.2, 0.25) is 0 Å². The molecule has 1 amide bonds. The molecule has 0 saturated carbocycles. The Kier molecular flexibility index (Phi) is 6.70. The maximum Gasteiger partial charge on any atom is 0.225 e. The van der Waals surface area contributed by atoms with Gasteiger partial charge in [-0.05, 0) is 12.1 Å². The summed E-state index contributed by atoms with van der Waals surface area (Å²) in [4.78, 5) is 14.0. The maximum atomic E-state index is 13.4. The molecule has 1 fully saturated rings. The van der Waals surface area contributed by atoms with Crippen LogP contribution in [0.25, 0.3) is 0 Å². The van der Waals surface area contributed by atoms with E-state index in [0.29, 0.717) is 6.54 Å². The number of carbonyl (C=O) groups is 1. The molecule has 122 valence electrons. The van der Waals surface area contributed by atoms with Gasteiger partial charge in [-0.25, -0.2) is 8.78 Å². The molecular formula is C15H21F2N3O2. The summed E-state index contributed by atoms with van der Waals surface area (Å²) in [7, 11) is 0. The third kappa shape index (κ3) is 5.67. The summed E-state index contributed by atoms with van der Waals surface area (Å²) in [5, 5.41) is 5.61. The SMILES string of the molecule is O=C(CCNCCN1CCOCC1)Nc1ccc(F)cc1F. The molecule has 0 aliphatic carbocycles. The van der Waals surface area contributed by atoms with Gasteiger partial charge in [-0.1, -0.05) is 0 Å². The number of morpholine rings is 1. The zero-order valence-corrected chi connectivity index (χ0v) is 12.4. The fraction of sp³-hybridized carbons (Fsp3) is 0.533. The highest BCUT2D eigenvalue weighted by molar-refractivity contribution is 5.90. The van der Waals surface area contributed by atoms with E-state index in [1.807, 2.05) is 0 Å². The number of nitrogens with one attached hydrogen (secondary N) is 2. The van der Waals surface area contributed by atoms with Crippen LogP contribution >= 0.6 is 0 Å². The van der Waals surface area contributed by atoms with Crippen LogP contribution in [0, 0.1) is 11.6 Å². The van der Waals surface area contributed by atoms with Gasteiger partial charge in [-0.3, -0.25) is 9.69 Å². The van der Waals surface area contributed by atoms with Gasteiger partial charge in [0.15, 0.2) is 0 Å². The van der Waals surface area contributed by atoms with Crippen LogP contribution in [0.4, 0.5) is 14.5 Å². The highest BCUT2D eigenvalue weighted by Crippen LogP contribution is 2.14. The van der Waals surface area contributed by atoms with Crippen molar-refractivity contribution in [3.05, 3.63) is 29.8 Å². The Balaban J connectivity index is 1.59. The molecule has 0 bridgehead atoms. The largest absolute Gasteiger partial charge is 0.379 e. The zero-order valence-electron chi connectivity index (χ0n) is 12.4. The third-order valence-electron chi connectivity index (χ3n) is 3.44. The van der Waals surface area contributed by atoms with E-state index in [-0.39, 0.29) is 18.0 Å². The average Bonchev–Trinajstić information content (AvgIpc) is 2.51. The van der Waals surface area contributed by atoms with Crippen molar-refractivity contribution in [1.29, 1.82) is 0 Å². The lowest BCUT2D eigenvalue weighted by Crippen LogP contribution is -2.40. The molecule has 1 aliphatic heterocycles. The van der Waals surface area contributed by atoms with Gasteiger partial charge in [-0.2, -0.15) is 0 Å². The molecule has 1 aromatic rings. The third-order valence-corrected chi connectivity index (χ3v) is 3.44. The molecule has 0 radical (unpaired) electrons. The van der Waals surface area contributed by atoms with E-state index in [2.05, 4.69) is 15.5 Å². The normalized spacial score (nSPS) is 15.7. The van der Waals surface area contributed by atoms with Gasteiger partial charge in [0.1, 0.15) is 11.6 Å². The first kappa shape index (κ1) is 16.8. The Bertz CT molecular complexity index is 494. The van der Waals surface area contributed by atoms with Gasteiger partial charge < -0.3 is 15.4 Å². The van der Waals surface area contributed by atoms with E-state index < -0.39 is 11.6 Å². The molecule has 22 heavy (non-hydrogen) atoms. The Morgan fingerprint density at radius 1 is 1.23 bits per heavy atom. The Hall–Kier alpha value is -1.57. The molecule has 1 aliphatic rings. The van der Waals surface area contributed by atoms with Crippen molar-refractivity contribution >= 4 is 11.6 Å². The second-order valence-corrected chi connectivity index (χ2v) is 5.13. The van der Waals surface area contributed by atoms with Crippen molar-refractivity contribution in [3.63, 3.8) is 0 Å². The molecule has 1 saturated heterocycles. The minimum Gasteiger partial charge on any atom is -0.379 e. The van der Waals surface area contributed by atoms with Gasteiger partial charge in [0.25, 0.3) is 0 Å². The molecule has 5 nitrogen and oxygen atoms in total. The minimum atomic E-state index is -0.770. The van der Waals surface area contributed by atoms with E-state index in [1.165, 1.54) is 6.07 Å². The number of carbonyl (C=O) groups excluding carboxylic acids is 1. The van der Waals surface area contributed by atoms with E-state index in [1.54, 1.807) is 0 Å². The fourth-order valence-corrected chi connectivity index (χ4v) is 2.19. The number of anilines is 1. The van der Waals surface area contributed by atoms with Gasteiger partial charge in [-0.15, -0.1) is 0 Å². The number of hydrogen-bond donors (Lipinski definition) is 2. The summed E-state index contributed by atoms with van der Waals surface area (Å²) in [6.07, 6.45) is 0.236. The van der Waals surface area contributed by atoms with Crippen molar-refractivity contribution in [3.8, 4) is 0 Å². The van der Waals surface area contributed by atoms with Crippen LogP contribution in [0.15, 0.2) is 18.2 Å². The number of rotatable bonds is 7. The van der Waals surface area contributed by atoms with Crippen LogP contribution in [-0.4, -0.2) is 56.7 Å². The molecule has 0 spiro atoms. The van der Waals surface area contributed by atoms with Gasteiger partial charge in [0.05, 0.1) is 18.9 Å². The second-order valence-electron chi connectivity index (χ2n) is 5.13. The molecule has 0 atom stereocenters. The number of benzene rings is 1. The van der Waals surface area contributed by atoms with E-state index in [0.717, 1.165) is 51.5 Å². The molecule has 7 heteroatoms. The summed E-state index contributed by atoms with van der Waals surface area (Å²) in [5.41, 5.74) is -0.000262. The number of ether oxygens (including phenoxy) is 1.